The Balaban J connectivity index is 0.00000256. The van der Waals surface area contributed by atoms with E-state index >= 15 is 0 Å². The van der Waals surface area contributed by atoms with E-state index < -0.39 is 0 Å². The number of nitrogens with zero attached hydrogens (tertiary/aromatic N) is 1. The van der Waals surface area contributed by atoms with Crippen molar-refractivity contribution in [3.63, 3.8) is 0 Å². The fourth-order valence-electron chi connectivity index (χ4n) is 6.48. The molecule has 0 saturated heterocycles. The minimum atomic E-state index is 0. The second-order valence-corrected chi connectivity index (χ2v) is 11.1. The molecular weight excluding hydrogens is 487 g/mol. The van der Waals surface area contributed by atoms with Gasteiger partial charge in [-0.25, -0.2) is 0 Å². The van der Waals surface area contributed by atoms with Gasteiger partial charge >= 0.3 is 0 Å². The lowest BCUT2D eigenvalue weighted by Gasteiger charge is -2.57. The maximum atomic E-state index is 12.0. The van der Waals surface area contributed by atoms with E-state index in [9.17, 15) is 4.79 Å². The molecule has 30 heavy (non-hydrogen) atoms. The van der Waals surface area contributed by atoms with Crippen LogP contribution in [0.15, 0.2) is 18.2 Å². The summed E-state index contributed by atoms with van der Waals surface area (Å²) in [7, 11) is 6.39. The summed E-state index contributed by atoms with van der Waals surface area (Å²) in [5.74, 6) is 3.90. The standard InChI is InChI=1S/C25H38N2O2.HI/c1-18-11-22(25-15-19-12-20(16-25)14-21(13-19)17-25)5-6-23(18)29-10-7-24(28)26-8-9-27(2,3)4;/h5-6,11,19-21H,7-10,12-17H2,1-4H3;1H. The van der Waals surface area contributed by atoms with Gasteiger partial charge in [0.25, 0.3) is 0 Å². The van der Waals surface area contributed by atoms with Gasteiger partial charge in [-0.2, -0.15) is 0 Å². The van der Waals surface area contributed by atoms with Crippen molar-refractivity contribution in [2.75, 3.05) is 40.8 Å². The van der Waals surface area contributed by atoms with Crippen molar-refractivity contribution in [1.29, 1.82) is 0 Å². The van der Waals surface area contributed by atoms with Gasteiger partial charge in [0, 0.05) is 0 Å². The summed E-state index contributed by atoms with van der Waals surface area (Å²) in [5, 5.41) is 2.99. The zero-order valence-electron chi connectivity index (χ0n) is 19.2. The number of rotatable bonds is 8. The number of halogens is 1. The molecule has 1 aromatic carbocycles. The molecule has 1 aromatic rings. The van der Waals surface area contributed by atoms with E-state index in [1.807, 2.05) is 0 Å². The predicted molar refractivity (Wildman–Crippen MR) is 117 cm³/mol. The normalized spacial score (nSPS) is 29.4. The van der Waals surface area contributed by atoms with E-state index in [0.717, 1.165) is 34.5 Å². The fraction of sp³-hybridized carbons (Fsp3) is 0.720. The zero-order chi connectivity index (χ0) is 20.6. The van der Waals surface area contributed by atoms with Gasteiger partial charge in [-0.05, 0) is 85.8 Å². The maximum Gasteiger partial charge on any atom is 0.223 e. The summed E-state index contributed by atoms with van der Waals surface area (Å²) >= 11 is 0. The molecule has 0 aliphatic heterocycles. The van der Waals surface area contributed by atoms with Crippen LogP contribution < -0.4 is 34.0 Å². The molecule has 1 N–H and O–H groups in total. The first-order valence-corrected chi connectivity index (χ1v) is 11.5. The molecule has 0 unspecified atom stereocenters. The first kappa shape index (κ1) is 23.8. The van der Waals surface area contributed by atoms with Crippen LogP contribution in [0.1, 0.15) is 56.1 Å². The second kappa shape index (κ2) is 9.35. The van der Waals surface area contributed by atoms with Gasteiger partial charge in [0.2, 0.25) is 5.91 Å². The molecule has 5 heteroatoms. The molecule has 4 saturated carbocycles. The van der Waals surface area contributed by atoms with Gasteiger partial charge in [-0.1, -0.05) is 12.1 Å². The number of quaternary nitrogens is 1. The molecular formula is C25H39IN2O2. The van der Waals surface area contributed by atoms with Crippen LogP contribution in [0.5, 0.6) is 5.75 Å². The molecule has 4 fully saturated rings. The summed E-state index contributed by atoms with van der Waals surface area (Å²) in [6, 6.07) is 6.85. The fourth-order valence-corrected chi connectivity index (χ4v) is 6.48. The van der Waals surface area contributed by atoms with Crippen LogP contribution in [-0.2, 0) is 10.2 Å². The highest BCUT2D eigenvalue weighted by molar-refractivity contribution is 5.75. The Morgan fingerprint density at radius 1 is 1.10 bits per heavy atom. The van der Waals surface area contributed by atoms with Crippen molar-refractivity contribution >= 4 is 5.91 Å². The van der Waals surface area contributed by atoms with E-state index in [-0.39, 0.29) is 29.9 Å². The third-order valence-corrected chi connectivity index (χ3v) is 7.52. The van der Waals surface area contributed by atoms with Crippen LogP contribution >= 0.6 is 0 Å². The Hall–Kier alpha value is -0.820. The van der Waals surface area contributed by atoms with Crippen LogP contribution in [0.3, 0.4) is 0 Å². The minimum Gasteiger partial charge on any atom is -1.00 e. The van der Waals surface area contributed by atoms with E-state index in [1.165, 1.54) is 44.1 Å². The molecule has 4 aliphatic rings. The lowest BCUT2D eigenvalue weighted by Crippen LogP contribution is -3.00. The Morgan fingerprint density at radius 2 is 1.70 bits per heavy atom. The number of benzene rings is 1. The number of carbonyl (C=O) groups excluding carboxylic acids is 1. The molecule has 0 heterocycles. The van der Waals surface area contributed by atoms with Gasteiger partial charge in [0.05, 0.1) is 47.3 Å². The molecule has 0 aromatic heterocycles. The number of hydrogen-bond acceptors (Lipinski definition) is 2. The molecule has 0 radical (unpaired) electrons. The van der Waals surface area contributed by atoms with Crippen LogP contribution in [0.4, 0.5) is 0 Å². The second-order valence-electron chi connectivity index (χ2n) is 11.1. The largest absolute Gasteiger partial charge is 1.00 e. The first-order valence-electron chi connectivity index (χ1n) is 11.5. The molecule has 4 nitrogen and oxygen atoms in total. The Bertz CT molecular complexity index is 721. The zero-order valence-corrected chi connectivity index (χ0v) is 21.3. The topological polar surface area (TPSA) is 38.3 Å². The first-order chi connectivity index (χ1) is 13.7. The minimum absolute atomic E-state index is 0. The van der Waals surface area contributed by atoms with Gasteiger partial charge < -0.3 is 38.5 Å². The molecule has 1 amide bonds. The number of nitrogens with one attached hydrogen (secondary N) is 1. The maximum absolute atomic E-state index is 12.0. The van der Waals surface area contributed by atoms with Gasteiger partial charge in [-0.15, -0.1) is 0 Å². The summed E-state index contributed by atoms with van der Waals surface area (Å²) in [6.45, 7) is 4.23. The van der Waals surface area contributed by atoms with Gasteiger partial charge in [-0.3, -0.25) is 4.79 Å². The van der Waals surface area contributed by atoms with Crippen LogP contribution in [0.2, 0.25) is 0 Å². The van der Waals surface area contributed by atoms with E-state index in [1.54, 1.807) is 5.56 Å². The smallest absolute Gasteiger partial charge is 0.223 e. The lowest BCUT2D eigenvalue weighted by atomic mass is 9.48. The molecule has 5 rings (SSSR count). The highest BCUT2D eigenvalue weighted by Crippen LogP contribution is 2.60. The summed E-state index contributed by atoms with van der Waals surface area (Å²) < 4.78 is 6.82. The number of hydrogen-bond donors (Lipinski definition) is 1. The number of carbonyl (C=O) groups is 1. The van der Waals surface area contributed by atoms with E-state index in [2.05, 4.69) is 51.6 Å². The summed E-state index contributed by atoms with van der Waals surface area (Å²) in [4.78, 5) is 12.0. The van der Waals surface area contributed by atoms with E-state index in [0.29, 0.717) is 25.0 Å². The predicted octanol–water partition coefficient (Wildman–Crippen LogP) is 1.06. The third-order valence-electron chi connectivity index (χ3n) is 7.52. The van der Waals surface area contributed by atoms with Crippen molar-refractivity contribution in [3.8, 4) is 5.75 Å². The van der Waals surface area contributed by atoms with Crippen molar-refractivity contribution in [2.24, 2.45) is 17.8 Å². The van der Waals surface area contributed by atoms with Crippen LogP contribution in [0.25, 0.3) is 0 Å². The number of amides is 1. The molecule has 4 aliphatic carbocycles. The van der Waals surface area contributed by atoms with Crippen molar-refractivity contribution in [2.45, 2.75) is 57.3 Å². The average molecular weight is 527 g/mol. The van der Waals surface area contributed by atoms with Crippen molar-refractivity contribution < 1.29 is 38.0 Å². The van der Waals surface area contributed by atoms with Crippen LogP contribution in [-0.4, -0.2) is 51.2 Å². The SMILES string of the molecule is Cc1cc(C23CC4CC(CC(C4)C2)C3)ccc1OCCC(=O)NCC[N+](C)(C)C.[I-]. The summed E-state index contributed by atoms with van der Waals surface area (Å²) in [5.41, 5.74) is 3.19. The van der Waals surface area contributed by atoms with Crippen molar-refractivity contribution in [3.05, 3.63) is 29.3 Å². The summed E-state index contributed by atoms with van der Waals surface area (Å²) in [6.07, 6.45) is 9.04. The Labute approximate surface area is 199 Å². The molecule has 4 bridgehead atoms. The number of aryl methyl sites for hydroxylation is 1. The quantitative estimate of drug-likeness (QED) is 0.407. The van der Waals surface area contributed by atoms with Gasteiger partial charge in [0.1, 0.15) is 5.75 Å². The highest BCUT2D eigenvalue weighted by atomic mass is 127. The number of ether oxygens (including phenoxy) is 1. The van der Waals surface area contributed by atoms with E-state index in [4.69, 9.17) is 4.74 Å². The number of likely N-dealkylation sites (N-methyl/N-ethyl adjacent to an activating group) is 1. The lowest BCUT2D eigenvalue weighted by molar-refractivity contribution is -0.869. The molecule has 0 atom stereocenters. The molecule has 168 valence electrons. The molecule has 0 spiro atoms. The Morgan fingerprint density at radius 3 is 2.23 bits per heavy atom. The van der Waals surface area contributed by atoms with Gasteiger partial charge in [0.15, 0.2) is 0 Å². The Kier molecular flexibility index (Phi) is 7.43. The van der Waals surface area contributed by atoms with Crippen LogP contribution in [0, 0.1) is 24.7 Å². The monoisotopic (exact) mass is 526 g/mol. The van der Waals surface area contributed by atoms with Crippen molar-refractivity contribution in [1.82, 2.24) is 5.32 Å². The highest BCUT2D eigenvalue weighted by Gasteiger charge is 2.51. The average Bonchev–Trinajstić information content (AvgIpc) is 2.61. The third kappa shape index (κ3) is 5.50.